The summed E-state index contributed by atoms with van der Waals surface area (Å²) >= 11 is 1.77. The molecule has 0 unspecified atom stereocenters. The monoisotopic (exact) mass is 300 g/mol. The highest BCUT2D eigenvalue weighted by atomic mass is 35.5. The van der Waals surface area contributed by atoms with Crippen LogP contribution >= 0.6 is 23.7 Å². The van der Waals surface area contributed by atoms with Crippen LogP contribution in [0.5, 0.6) is 0 Å². The van der Waals surface area contributed by atoms with Gasteiger partial charge < -0.3 is 10.6 Å². The van der Waals surface area contributed by atoms with Crippen molar-refractivity contribution in [1.29, 1.82) is 0 Å². The topological polar surface area (TPSA) is 41.1 Å². The number of piperidine rings is 1. The van der Waals surface area contributed by atoms with Gasteiger partial charge in [0.2, 0.25) is 0 Å². The van der Waals surface area contributed by atoms with Crippen molar-refractivity contribution in [2.75, 3.05) is 13.1 Å². The van der Waals surface area contributed by atoms with Crippen LogP contribution in [0.25, 0.3) is 0 Å². The number of amides is 1. The average molecular weight is 301 g/mol. The van der Waals surface area contributed by atoms with Crippen molar-refractivity contribution in [3.05, 3.63) is 21.4 Å². The van der Waals surface area contributed by atoms with Crippen molar-refractivity contribution < 1.29 is 4.79 Å². The lowest BCUT2D eigenvalue weighted by atomic mass is 9.95. The Bertz CT molecular complexity index is 441. The van der Waals surface area contributed by atoms with Gasteiger partial charge >= 0.3 is 0 Å². The molecule has 0 spiro atoms. The molecule has 3 rings (SSSR count). The van der Waals surface area contributed by atoms with Crippen molar-refractivity contribution in [2.45, 2.75) is 44.6 Å². The van der Waals surface area contributed by atoms with Crippen molar-refractivity contribution in [1.82, 2.24) is 10.6 Å². The van der Waals surface area contributed by atoms with Crippen molar-refractivity contribution >= 4 is 29.7 Å². The van der Waals surface area contributed by atoms with E-state index in [-0.39, 0.29) is 18.3 Å². The lowest BCUT2D eigenvalue weighted by Gasteiger charge is -2.24. The zero-order valence-corrected chi connectivity index (χ0v) is 12.7. The second-order valence-electron chi connectivity index (χ2n) is 5.27. The van der Waals surface area contributed by atoms with Gasteiger partial charge in [0.05, 0.1) is 5.56 Å². The van der Waals surface area contributed by atoms with E-state index >= 15 is 0 Å². The van der Waals surface area contributed by atoms with Crippen LogP contribution in [0.2, 0.25) is 0 Å². The van der Waals surface area contributed by atoms with Gasteiger partial charge in [-0.15, -0.1) is 23.7 Å². The first kappa shape index (κ1) is 14.8. The minimum absolute atomic E-state index is 0. The summed E-state index contributed by atoms with van der Waals surface area (Å²) in [6, 6.07) is 0.311. The molecule has 1 aliphatic heterocycles. The van der Waals surface area contributed by atoms with Gasteiger partial charge in [-0.1, -0.05) is 0 Å². The Balaban J connectivity index is 0.00000133. The van der Waals surface area contributed by atoms with E-state index in [9.17, 15) is 4.79 Å². The number of carbonyl (C=O) groups is 1. The minimum atomic E-state index is 0. The minimum Gasteiger partial charge on any atom is -0.348 e. The second-order valence-corrected chi connectivity index (χ2v) is 6.24. The molecule has 1 aliphatic carbocycles. The second kappa shape index (κ2) is 6.73. The maximum Gasteiger partial charge on any atom is 0.252 e. The fourth-order valence-electron chi connectivity index (χ4n) is 2.92. The molecule has 0 aromatic carbocycles. The van der Waals surface area contributed by atoms with E-state index in [1.165, 1.54) is 23.3 Å². The molecule has 1 aromatic rings. The smallest absolute Gasteiger partial charge is 0.252 e. The quantitative estimate of drug-likeness (QED) is 0.881. The number of nitrogens with one attached hydrogen (secondary N) is 2. The highest BCUT2D eigenvalue weighted by Crippen LogP contribution is 2.30. The number of thiophene rings is 1. The van der Waals surface area contributed by atoms with Gasteiger partial charge in [0.25, 0.3) is 5.91 Å². The molecule has 1 saturated heterocycles. The maximum absolute atomic E-state index is 12.3. The summed E-state index contributed by atoms with van der Waals surface area (Å²) in [7, 11) is 0. The molecule has 0 bridgehead atoms. The largest absolute Gasteiger partial charge is 0.348 e. The third kappa shape index (κ3) is 3.30. The highest BCUT2D eigenvalue weighted by molar-refractivity contribution is 7.10. The van der Waals surface area contributed by atoms with Crippen LogP contribution in [-0.4, -0.2) is 25.0 Å². The Morgan fingerprint density at radius 1 is 1.32 bits per heavy atom. The highest BCUT2D eigenvalue weighted by Gasteiger charge is 2.22. The number of aryl methyl sites for hydroxylation is 1. The predicted molar refractivity (Wildman–Crippen MR) is 81.6 cm³/mol. The molecule has 2 N–H and O–H groups in total. The number of fused-ring (bicyclic) bond motifs is 1. The summed E-state index contributed by atoms with van der Waals surface area (Å²) in [6.07, 6.45) is 7.02. The van der Waals surface area contributed by atoms with Crippen LogP contribution in [-0.2, 0) is 12.8 Å². The maximum atomic E-state index is 12.3. The lowest BCUT2D eigenvalue weighted by molar-refractivity contribution is 0.0930. The van der Waals surface area contributed by atoms with Crippen LogP contribution in [0.4, 0.5) is 0 Å². The molecule has 19 heavy (non-hydrogen) atoms. The number of hydrogen-bond donors (Lipinski definition) is 2. The van der Waals surface area contributed by atoms with E-state index in [1.807, 2.05) is 0 Å². The first-order chi connectivity index (χ1) is 8.84. The number of carbonyl (C=O) groups excluding carboxylic acids is 1. The van der Waals surface area contributed by atoms with Crippen LogP contribution in [0.3, 0.4) is 0 Å². The molecule has 2 heterocycles. The van der Waals surface area contributed by atoms with E-state index in [4.69, 9.17) is 0 Å². The van der Waals surface area contributed by atoms with Gasteiger partial charge in [0.15, 0.2) is 0 Å². The standard InChI is InChI=1S/C14H20N2OS.ClH/c17-14(16-10-4-3-7-15-8-10)12-9-18-13-6-2-1-5-11(12)13;/h9-10,15H,1-8H2,(H,16,17);1H/t10-;/m0./s1. The van der Waals surface area contributed by atoms with Crippen molar-refractivity contribution in [2.24, 2.45) is 0 Å². The average Bonchev–Trinajstić information content (AvgIpc) is 2.84. The van der Waals surface area contributed by atoms with Gasteiger partial charge in [-0.3, -0.25) is 4.79 Å². The normalized spacial score (nSPS) is 22.2. The third-order valence-corrected chi connectivity index (χ3v) is 5.03. The number of rotatable bonds is 2. The van der Waals surface area contributed by atoms with Crippen molar-refractivity contribution in [3.63, 3.8) is 0 Å². The molecule has 106 valence electrons. The summed E-state index contributed by atoms with van der Waals surface area (Å²) in [5.41, 5.74) is 2.27. The number of halogens is 1. The van der Waals surface area contributed by atoms with E-state index in [2.05, 4.69) is 16.0 Å². The van der Waals surface area contributed by atoms with Gasteiger partial charge in [-0.05, 0) is 50.6 Å². The molecular weight excluding hydrogens is 280 g/mol. The molecule has 0 saturated carbocycles. The van der Waals surface area contributed by atoms with Crippen LogP contribution < -0.4 is 10.6 Å². The Labute approximate surface area is 124 Å². The summed E-state index contributed by atoms with van der Waals surface area (Å²) in [5.74, 6) is 0.142. The van der Waals surface area contributed by atoms with E-state index in [0.717, 1.165) is 44.3 Å². The zero-order chi connectivity index (χ0) is 12.4. The van der Waals surface area contributed by atoms with Crippen LogP contribution in [0.15, 0.2) is 5.38 Å². The molecule has 2 aliphatic rings. The van der Waals surface area contributed by atoms with Crippen LogP contribution in [0, 0.1) is 0 Å². The molecule has 1 aromatic heterocycles. The molecule has 1 atom stereocenters. The van der Waals surface area contributed by atoms with E-state index in [1.54, 1.807) is 11.3 Å². The molecular formula is C14H21ClN2OS. The third-order valence-electron chi connectivity index (χ3n) is 3.94. The molecule has 5 heteroatoms. The Kier molecular flexibility index (Phi) is 5.25. The molecule has 3 nitrogen and oxygen atoms in total. The molecule has 1 fully saturated rings. The lowest BCUT2D eigenvalue weighted by Crippen LogP contribution is -2.45. The summed E-state index contributed by atoms with van der Waals surface area (Å²) in [6.45, 7) is 2.00. The summed E-state index contributed by atoms with van der Waals surface area (Å²) in [5, 5.41) is 8.57. The molecule has 1 amide bonds. The van der Waals surface area contributed by atoms with Gasteiger partial charge in [0, 0.05) is 22.8 Å². The van der Waals surface area contributed by atoms with Gasteiger partial charge in [-0.2, -0.15) is 0 Å². The summed E-state index contributed by atoms with van der Waals surface area (Å²) in [4.78, 5) is 13.8. The van der Waals surface area contributed by atoms with E-state index in [0.29, 0.717) is 6.04 Å². The Morgan fingerprint density at radius 2 is 2.16 bits per heavy atom. The van der Waals surface area contributed by atoms with Crippen molar-refractivity contribution in [3.8, 4) is 0 Å². The fourth-order valence-corrected chi connectivity index (χ4v) is 4.05. The Morgan fingerprint density at radius 3 is 2.95 bits per heavy atom. The Hall–Kier alpha value is -0.580. The zero-order valence-electron chi connectivity index (χ0n) is 11.0. The van der Waals surface area contributed by atoms with E-state index < -0.39 is 0 Å². The fraction of sp³-hybridized carbons (Fsp3) is 0.643. The van der Waals surface area contributed by atoms with Gasteiger partial charge in [0.1, 0.15) is 0 Å². The van der Waals surface area contributed by atoms with Gasteiger partial charge in [-0.25, -0.2) is 0 Å². The summed E-state index contributed by atoms with van der Waals surface area (Å²) < 4.78 is 0. The predicted octanol–water partition coefficient (Wildman–Crippen LogP) is 2.53. The SMILES string of the molecule is Cl.O=C(N[C@H]1CCCNC1)c1csc2c1CCCC2. The number of hydrogen-bond acceptors (Lipinski definition) is 3. The molecule has 0 radical (unpaired) electrons. The van der Waals surface area contributed by atoms with Crippen LogP contribution in [0.1, 0.15) is 46.5 Å². The first-order valence-electron chi connectivity index (χ1n) is 6.95. The first-order valence-corrected chi connectivity index (χ1v) is 7.83.